The number of rotatable bonds is 10. The Labute approximate surface area is 263 Å². The number of amides is 2. The highest BCUT2D eigenvalue weighted by atomic mass is 31.2. The topological polar surface area (TPSA) is 132 Å². The molecule has 0 saturated carbocycles. The Morgan fingerprint density at radius 3 is 1.95 bits per heavy atom. The maximum atomic E-state index is 14.6. The molecule has 1 aromatic rings. The van der Waals surface area contributed by atoms with Crippen LogP contribution in [0.25, 0.3) is 0 Å². The molecule has 2 amide bonds. The number of carbonyl (C=O) groups is 3. The van der Waals surface area contributed by atoms with E-state index in [1.54, 1.807) is 81.4 Å². The summed E-state index contributed by atoms with van der Waals surface area (Å²) in [5.74, 6) is -0.474. The fourth-order valence-corrected chi connectivity index (χ4v) is 7.97. The van der Waals surface area contributed by atoms with Crippen LogP contribution < -0.4 is 0 Å². The molecule has 1 N–H and O–H groups in total. The Hall–Kier alpha value is -2.62. The van der Waals surface area contributed by atoms with Gasteiger partial charge in [-0.25, -0.2) is 14.5 Å². The highest BCUT2D eigenvalue weighted by molar-refractivity contribution is 7.62. The van der Waals surface area contributed by atoms with Gasteiger partial charge in [-0.3, -0.25) is 14.3 Å². The van der Waals surface area contributed by atoms with Crippen LogP contribution in [0.15, 0.2) is 24.3 Å². The summed E-state index contributed by atoms with van der Waals surface area (Å²) in [7, 11) is -3.58. The van der Waals surface area contributed by atoms with E-state index in [1.165, 1.54) is 0 Å². The van der Waals surface area contributed by atoms with E-state index in [1.807, 2.05) is 17.0 Å². The predicted octanol–water partition coefficient (Wildman–Crippen LogP) is 6.95. The average molecular weight is 641 g/mol. The first kappa shape index (κ1) is 37.6. The van der Waals surface area contributed by atoms with Crippen LogP contribution in [0.4, 0.5) is 9.59 Å². The van der Waals surface area contributed by atoms with Crippen molar-refractivity contribution in [2.45, 2.75) is 117 Å². The standard InChI is InChI=1S/C32H53N2O9P/c1-11-40-44(39)21-20-33(22-24-16-12-13-17-25(24)35)23-32(44,26(36)41-29(2,3)4)18-14-15-19-34(27(37)42-30(5,6)7)28(38)43-31(8,9)10/h12-13,16-17,35H,11,14-15,18-23H2,1-10H3. The van der Waals surface area contributed by atoms with Gasteiger partial charge in [0.15, 0.2) is 5.16 Å². The SMILES string of the molecule is CCOP1(=O)CCN(Cc2ccccc2O)CC1(CCCCN(C(=O)OC(C)(C)C)C(=O)OC(C)(C)C)C(=O)OC(C)(C)C. The van der Waals surface area contributed by atoms with Crippen molar-refractivity contribution in [3.63, 3.8) is 0 Å². The zero-order valence-electron chi connectivity index (χ0n) is 28.2. The molecule has 1 aliphatic rings. The van der Waals surface area contributed by atoms with E-state index in [-0.39, 0.29) is 44.4 Å². The molecule has 1 saturated heterocycles. The van der Waals surface area contributed by atoms with Gasteiger partial charge in [-0.05, 0) is 94.6 Å². The number of phenols is 1. The maximum absolute atomic E-state index is 14.6. The van der Waals surface area contributed by atoms with Gasteiger partial charge in [-0.2, -0.15) is 0 Å². The Balaban J connectivity index is 2.39. The van der Waals surface area contributed by atoms with Crippen LogP contribution in [-0.4, -0.2) is 87.4 Å². The third-order valence-electron chi connectivity index (χ3n) is 6.80. The van der Waals surface area contributed by atoms with Crippen LogP contribution in [-0.2, 0) is 34.6 Å². The number of para-hydroxylation sites is 1. The molecule has 1 aromatic carbocycles. The Morgan fingerprint density at radius 1 is 0.909 bits per heavy atom. The second kappa shape index (κ2) is 14.6. The third-order valence-corrected chi connectivity index (χ3v) is 10.1. The molecule has 250 valence electrons. The van der Waals surface area contributed by atoms with Crippen LogP contribution in [0, 0.1) is 0 Å². The second-order valence-electron chi connectivity index (χ2n) is 14.3. The number of unbranched alkanes of at least 4 members (excludes halogenated alkanes) is 1. The molecular formula is C32H53N2O9P. The number of ether oxygens (including phenoxy) is 3. The first-order chi connectivity index (χ1) is 20.1. The van der Waals surface area contributed by atoms with Gasteiger partial charge in [0.05, 0.1) is 6.61 Å². The molecule has 1 fully saturated rings. The van der Waals surface area contributed by atoms with E-state index in [0.29, 0.717) is 25.1 Å². The van der Waals surface area contributed by atoms with Crippen molar-refractivity contribution in [3.05, 3.63) is 29.8 Å². The van der Waals surface area contributed by atoms with Crippen LogP contribution in [0.1, 0.15) is 94.1 Å². The molecule has 2 atom stereocenters. The number of benzene rings is 1. The minimum atomic E-state index is -3.58. The van der Waals surface area contributed by atoms with Gasteiger partial charge in [0, 0.05) is 37.9 Å². The third kappa shape index (κ3) is 10.8. The number of esters is 1. The van der Waals surface area contributed by atoms with Crippen molar-refractivity contribution in [2.24, 2.45) is 0 Å². The zero-order valence-corrected chi connectivity index (χ0v) is 29.1. The number of hydrogen-bond acceptors (Lipinski definition) is 10. The molecule has 0 aliphatic carbocycles. The van der Waals surface area contributed by atoms with Crippen LogP contribution >= 0.6 is 7.37 Å². The lowest BCUT2D eigenvalue weighted by Gasteiger charge is -2.46. The van der Waals surface area contributed by atoms with Crippen molar-refractivity contribution in [2.75, 3.05) is 32.4 Å². The van der Waals surface area contributed by atoms with Crippen molar-refractivity contribution >= 4 is 25.5 Å². The Bertz CT molecular complexity index is 1170. The van der Waals surface area contributed by atoms with E-state index in [9.17, 15) is 24.1 Å². The number of carbonyl (C=O) groups excluding carboxylic acids is 3. The molecule has 11 nitrogen and oxygen atoms in total. The molecule has 0 spiro atoms. The van der Waals surface area contributed by atoms with Gasteiger partial charge < -0.3 is 23.8 Å². The second-order valence-corrected chi connectivity index (χ2v) is 17.2. The first-order valence-corrected chi connectivity index (χ1v) is 17.1. The fraction of sp³-hybridized carbons (Fsp3) is 0.719. The summed E-state index contributed by atoms with van der Waals surface area (Å²) < 4.78 is 37.3. The average Bonchev–Trinajstić information content (AvgIpc) is 2.84. The van der Waals surface area contributed by atoms with E-state index < -0.39 is 47.5 Å². The zero-order chi connectivity index (χ0) is 33.6. The highest BCUT2D eigenvalue weighted by Gasteiger charge is 2.59. The summed E-state index contributed by atoms with van der Waals surface area (Å²) in [5.41, 5.74) is -1.82. The lowest BCUT2D eigenvalue weighted by Crippen LogP contribution is -2.56. The summed E-state index contributed by atoms with van der Waals surface area (Å²) in [6.07, 6.45) is -0.791. The van der Waals surface area contributed by atoms with Gasteiger partial charge in [0.2, 0.25) is 7.37 Å². The molecular weight excluding hydrogens is 587 g/mol. The summed E-state index contributed by atoms with van der Waals surface area (Å²) >= 11 is 0. The van der Waals surface area contributed by atoms with Gasteiger partial charge in [-0.15, -0.1) is 0 Å². The Morgan fingerprint density at radius 2 is 1.45 bits per heavy atom. The largest absolute Gasteiger partial charge is 0.508 e. The minimum absolute atomic E-state index is 0.0330. The van der Waals surface area contributed by atoms with E-state index in [0.717, 1.165) is 4.90 Å². The molecule has 2 rings (SSSR count). The molecule has 44 heavy (non-hydrogen) atoms. The Kier molecular flexibility index (Phi) is 12.5. The predicted molar refractivity (Wildman–Crippen MR) is 169 cm³/mol. The smallest absolute Gasteiger partial charge is 0.419 e. The number of imide groups is 1. The summed E-state index contributed by atoms with van der Waals surface area (Å²) in [4.78, 5) is 42.9. The first-order valence-electron chi connectivity index (χ1n) is 15.3. The lowest BCUT2D eigenvalue weighted by atomic mass is 9.98. The summed E-state index contributed by atoms with van der Waals surface area (Å²) in [6, 6.07) is 6.98. The van der Waals surface area contributed by atoms with Gasteiger partial charge in [0.1, 0.15) is 22.6 Å². The molecule has 2 unspecified atom stereocenters. The molecule has 1 heterocycles. The highest BCUT2D eigenvalue weighted by Crippen LogP contribution is 2.64. The fourth-order valence-electron chi connectivity index (χ4n) is 4.97. The van der Waals surface area contributed by atoms with Crippen LogP contribution in [0.5, 0.6) is 5.75 Å². The quantitative estimate of drug-likeness (QED) is 0.124. The van der Waals surface area contributed by atoms with Crippen LogP contribution in [0.3, 0.4) is 0 Å². The molecule has 0 radical (unpaired) electrons. The normalized spacial score (nSPS) is 21.4. The molecule has 0 bridgehead atoms. The summed E-state index contributed by atoms with van der Waals surface area (Å²) in [5, 5.41) is 8.90. The molecule has 12 heteroatoms. The van der Waals surface area contributed by atoms with Crippen molar-refractivity contribution < 1.29 is 42.8 Å². The lowest BCUT2D eigenvalue weighted by molar-refractivity contribution is -0.160. The molecule has 1 aliphatic heterocycles. The van der Waals surface area contributed by atoms with Crippen LogP contribution in [0.2, 0.25) is 0 Å². The molecule has 0 aromatic heterocycles. The number of nitrogens with zero attached hydrogens (tertiary/aromatic N) is 2. The van der Waals surface area contributed by atoms with Crippen molar-refractivity contribution in [1.82, 2.24) is 9.80 Å². The summed E-state index contributed by atoms with van der Waals surface area (Å²) in [6.45, 7) is 18.2. The van der Waals surface area contributed by atoms with Crippen molar-refractivity contribution in [3.8, 4) is 5.75 Å². The van der Waals surface area contributed by atoms with E-state index in [4.69, 9.17) is 18.7 Å². The van der Waals surface area contributed by atoms with E-state index in [2.05, 4.69) is 0 Å². The van der Waals surface area contributed by atoms with Gasteiger partial charge in [-0.1, -0.05) is 18.2 Å². The van der Waals surface area contributed by atoms with Gasteiger partial charge >= 0.3 is 18.2 Å². The number of phenolic OH excluding ortho intramolecular Hbond substituents is 1. The monoisotopic (exact) mass is 640 g/mol. The van der Waals surface area contributed by atoms with E-state index >= 15 is 0 Å². The van der Waals surface area contributed by atoms with Gasteiger partial charge in [0.25, 0.3) is 0 Å². The number of aromatic hydroxyl groups is 1. The minimum Gasteiger partial charge on any atom is -0.508 e. The maximum Gasteiger partial charge on any atom is 0.419 e. The number of hydrogen-bond donors (Lipinski definition) is 1. The van der Waals surface area contributed by atoms with Crippen molar-refractivity contribution in [1.29, 1.82) is 0 Å².